The van der Waals surface area contributed by atoms with Crippen LogP contribution in [0.2, 0.25) is 0 Å². The minimum Gasteiger partial charge on any atom is -0.508 e. The van der Waals surface area contributed by atoms with Crippen LogP contribution in [-0.2, 0) is 11.3 Å². The molecular formula is C16H18N2O4. The number of hydrogen-bond donors (Lipinski definition) is 1. The fourth-order valence-corrected chi connectivity index (χ4v) is 2.60. The van der Waals surface area contributed by atoms with Crippen molar-refractivity contribution in [2.75, 3.05) is 4.90 Å². The number of nitrogens with zero attached hydrogens (tertiary/aromatic N) is 2. The van der Waals surface area contributed by atoms with Crippen LogP contribution < -0.4 is 9.64 Å². The molecule has 0 fully saturated rings. The van der Waals surface area contributed by atoms with Crippen LogP contribution in [0.1, 0.15) is 30.9 Å². The number of aryl methyl sites for hydroxylation is 2. The second-order valence-corrected chi connectivity index (χ2v) is 5.96. The number of hydrogen-bond acceptors (Lipinski definition) is 5. The Balaban J connectivity index is 2.08. The van der Waals surface area contributed by atoms with Crippen LogP contribution in [0.15, 0.2) is 22.7 Å². The molecule has 0 radical (unpaired) electrons. The smallest absolute Gasteiger partial charge is 0.271 e. The molecule has 0 saturated heterocycles. The number of anilines is 1. The Morgan fingerprint density at radius 3 is 2.68 bits per heavy atom. The summed E-state index contributed by atoms with van der Waals surface area (Å²) in [4.78, 5) is 14.4. The van der Waals surface area contributed by atoms with Crippen LogP contribution >= 0.6 is 0 Å². The lowest BCUT2D eigenvalue weighted by molar-refractivity contribution is -0.132. The first kappa shape index (κ1) is 14.4. The monoisotopic (exact) mass is 302 g/mol. The van der Waals surface area contributed by atoms with Crippen molar-refractivity contribution >= 4 is 11.6 Å². The molecule has 1 aliphatic heterocycles. The van der Waals surface area contributed by atoms with Gasteiger partial charge >= 0.3 is 0 Å². The average molecular weight is 302 g/mol. The summed E-state index contributed by atoms with van der Waals surface area (Å²) in [6.45, 7) is 7.44. The predicted molar refractivity (Wildman–Crippen MR) is 80.0 cm³/mol. The van der Waals surface area contributed by atoms with Gasteiger partial charge < -0.3 is 19.3 Å². The van der Waals surface area contributed by atoms with Gasteiger partial charge in [-0.25, -0.2) is 0 Å². The minimum atomic E-state index is -1.00. The number of aromatic nitrogens is 1. The molecule has 0 unspecified atom stereocenters. The van der Waals surface area contributed by atoms with Gasteiger partial charge in [0.15, 0.2) is 5.60 Å². The van der Waals surface area contributed by atoms with E-state index in [1.54, 1.807) is 24.8 Å². The van der Waals surface area contributed by atoms with Crippen LogP contribution in [-0.4, -0.2) is 21.8 Å². The number of carbonyl (C=O) groups excluding carboxylic acids is 1. The summed E-state index contributed by atoms with van der Waals surface area (Å²) in [6, 6.07) is 4.73. The lowest BCUT2D eigenvalue weighted by Gasteiger charge is -2.38. The highest BCUT2D eigenvalue weighted by atomic mass is 16.5. The highest BCUT2D eigenvalue weighted by Crippen LogP contribution is 2.40. The van der Waals surface area contributed by atoms with E-state index in [2.05, 4.69) is 5.16 Å². The molecule has 2 heterocycles. The molecule has 6 nitrogen and oxygen atoms in total. The topological polar surface area (TPSA) is 75.8 Å². The molecular weight excluding hydrogens is 284 g/mol. The minimum absolute atomic E-state index is 0.0983. The van der Waals surface area contributed by atoms with Crippen molar-refractivity contribution in [3.05, 3.63) is 35.2 Å². The van der Waals surface area contributed by atoms with Gasteiger partial charge in [-0.3, -0.25) is 4.79 Å². The maximum atomic E-state index is 12.7. The number of phenols is 1. The largest absolute Gasteiger partial charge is 0.508 e. The molecule has 1 N–H and O–H groups in total. The highest BCUT2D eigenvalue weighted by molar-refractivity contribution is 6.02. The van der Waals surface area contributed by atoms with E-state index in [0.29, 0.717) is 23.7 Å². The zero-order valence-corrected chi connectivity index (χ0v) is 13.0. The van der Waals surface area contributed by atoms with Gasteiger partial charge in [0.1, 0.15) is 17.3 Å². The number of phenolic OH excluding ortho intramolecular Hbond substituents is 1. The number of rotatable bonds is 2. The normalized spacial score (nSPS) is 16.4. The molecule has 0 saturated carbocycles. The van der Waals surface area contributed by atoms with E-state index in [9.17, 15) is 9.90 Å². The summed E-state index contributed by atoms with van der Waals surface area (Å²) >= 11 is 0. The first-order valence-corrected chi connectivity index (χ1v) is 7.05. The number of carbonyl (C=O) groups is 1. The zero-order chi connectivity index (χ0) is 16.1. The molecule has 22 heavy (non-hydrogen) atoms. The number of benzene rings is 1. The van der Waals surface area contributed by atoms with Gasteiger partial charge in [0, 0.05) is 11.6 Å². The lowest BCUT2D eigenvalue weighted by atomic mass is 10.0. The Morgan fingerprint density at radius 1 is 1.32 bits per heavy atom. The standard InChI is InChI=1S/C16H18N2O4/c1-9-12(10(2)22-17-9)8-18-13-6-5-11(19)7-14(13)21-16(3,4)15(18)20/h5-7,19H,8H2,1-4H3. The molecule has 0 bridgehead atoms. The first-order valence-electron chi connectivity index (χ1n) is 7.05. The molecule has 3 rings (SSSR count). The Bertz CT molecular complexity index is 729. The molecule has 1 aromatic carbocycles. The van der Waals surface area contributed by atoms with E-state index in [0.717, 1.165) is 11.3 Å². The number of aromatic hydroxyl groups is 1. The Hall–Kier alpha value is -2.50. The third-order valence-corrected chi connectivity index (χ3v) is 3.86. The molecule has 0 aliphatic carbocycles. The van der Waals surface area contributed by atoms with Crippen LogP contribution in [0, 0.1) is 13.8 Å². The summed E-state index contributed by atoms with van der Waals surface area (Å²) in [6.07, 6.45) is 0. The third-order valence-electron chi connectivity index (χ3n) is 3.86. The maximum Gasteiger partial charge on any atom is 0.271 e. The molecule has 1 aliphatic rings. The summed E-state index contributed by atoms with van der Waals surface area (Å²) in [5, 5.41) is 13.6. The van der Waals surface area contributed by atoms with Crippen molar-refractivity contribution in [1.29, 1.82) is 0 Å². The summed E-state index contributed by atoms with van der Waals surface area (Å²) < 4.78 is 10.9. The summed E-state index contributed by atoms with van der Waals surface area (Å²) in [5.41, 5.74) is 1.27. The molecule has 2 aromatic rings. The third kappa shape index (κ3) is 2.20. The quantitative estimate of drug-likeness (QED) is 0.923. The Kier molecular flexibility index (Phi) is 3.12. The molecule has 0 spiro atoms. The van der Waals surface area contributed by atoms with Crippen molar-refractivity contribution in [2.45, 2.75) is 39.8 Å². The molecule has 6 heteroatoms. The Morgan fingerprint density at radius 2 is 2.05 bits per heavy atom. The van der Waals surface area contributed by atoms with Crippen LogP contribution in [0.5, 0.6) is 11.5 Å². The van der Waals surface area contributed by atoms with E-state index in [-0.39, 0.29) is 11.7 Å². The maximum absolute atomic E-state index is 12.7. The van der Waals surface area contributed by atoms with Gasteiger partial charge in [-0.1, -0.05) is 5.16 Å². The average Bonchev–Trinajstić information content (AvgIpc) is 2.74. The number of amides is 1. The predicted octanol–water partition coefficient (Wildman–Crippen LogP) is 2.70. The lowest BCUT2D eigenvalue weighted by Crippen LogP contribution is -2.52. The second-order valence-electron chi connectivity index (χ2n) is 5.96. The molecule has 0 atom stereocenters. The van der Waals surface area contributed by atoms with E-state index >= 15 is 0 Å². The van der Waals surface area contributed by atoms with Crippen LogP contribution in [0.4, 0.5) is 5.69 Å². The fraction of sp³-hybridized carbons (Fsp3) is 0.375. The van der Waals surface area contributed by atoms with Crippen LogP contribution in [0.3, 0.4) is 0 Å². The van der Waals surface area contributed by atoms with Gasteiger partial charge in [0.25, 0.3) is 5.91 Å². The van der Waals surface area contributed by atoms with E-state index in [4.69, 9.17) is 9.26 Å². The van der Waals surface area contributed by atoms with Crippen molar-refractivity contribution in [2.24, 2.45) is 0 Å². The molecule has 1 aromatic heterocycles. The van der Waals surface area contributed by atoms with Gasteiger partial charge in [-0.2, -0.15) is 0 Å². The van der Waals surface area contributed by atoms with Crippen molar-refractivity contribution in [1.82, 2.24) is 5.16 Å². The zero-order valence-electron chi connectivity index (χ0n) is 13.0. The second kappa shape index (κ2) is 4.76. The van der Waals surface area contributed by atoms with Crippen molar-refractivity contribution in [3.63, 3.8) is 0 Å². The summed E-state index contributed by atoms with van der Waals surface area (Å²) in [7, 11) is 0. The fourth-order valence-electron chi connectivity index (χ4n) is 2.60. The highest BCUT2D eigenvalue weighted by Gasteiger charge is 2.41. The molecule has 1 amide bonds. The van der Waals surface area contributed by atoms with E-state index in [1.165, 1.54) is 12.1 Å². The van der Waals surface area contributed by atoms with Crippen molar-refractivity contribution in [3.8, 4) is 11.5 Å². The van der Waals surface area contributed by atoms with E-state index < -0.39 is 5.60 Å². The molecule has 116 valence electrons. The summed E-state index contributed by atoms with van der Waals surface area (Å²) in [5.74, 6) is 1.12. The Labute approximate surface area is 128 Å². The van der Waals surface area contributed by atoms with Gasteiger partial charge in [-0.15, -0.1) is 0 Å². The number of ether oxygens (including phenoxy) is 1. The first-order chi connectivity index (χ1) is 10.3. The van der Waals surface area contributed by atoms with Crippen LogP contribution in [0.25, 0.3) is 0 Å². The van der Waals surface area contributed by atoms with Crippen molar-refractivity contribution < 1.29 is 19.2 Å². The SMILES string of the molecule is Cc1noc(C)c1CN1C(=O)C(C)(C)Oc2cc(O)ccc21. The van der Waals surface area contributed by atoms with Gasteiger partial charge in [-0.05, 0) is 39.8 Å². The van der Waals surface area contributed by atoms with E-state index in [1.807, 2.05) is 13.8 Å². The number of fused-ring (bicyclic) bond motifs is 1. The van der Waals surface area contributed by atoms with Gasteiger partial charge in [0.05, 0.1) is 17.9 Å². The van der Waals surface area contributed by atoms with Gasteiger partial charge in [0.2, 0.25) is 0 Å².